The topological polar surface area (TPSA) is 72.2 Å². The molecule has 0 unspecified atom stereocenters. The fourth-order valence-corrected chi connectivity index (χ4v) is 16.5. The monoisotopic (exact) mass is 1250 g/mol. The molecule has 19 aromatic rings. The van der Waals surface area contributed by atoms with Crippen molar-refractivity contribution in [3.05, 3.63) is 301 Å². The predicted octanol–water partition coefficient (Wildman–Crippen LogP) is 26.1. The number of para-hydroxylation sites is 2. The van der Waals surface area contributed by atoms with Crippen LogP contribution in [0.15, 0.2) is 301 Å². The summed E-state index contributed by atoms with van der Waals surface area (Å²) in [6.07, 6.45) is 0. The molecule has 0 aliphatic heterocycles. The van der Waals surface area contributed by atoms with E-state index in [9.17, 15) is 0 Å². The largest absolute Gasteiger partial charge is 0.456 e. The molecule has 14 aromatic carbocycles. The highest BCUT2D eigenvalue weighted by atomic mass is 16.4. The van der Waals surface area contributed by atoms with Crippen LogP contribution in [0.4, 0.5) is 34.1 Å². The summed E-state index contributed by atoms with van der Waals surface area (Å²) < 4.78 is 33.5. The van der Waals surface area contributed by atoms with Crippen LogP contribution in [0.2, 0.25) is 0 Å². The minimum Gasteiger partial charge on any atom is -0.456 e. The molecule has 2 aliphatic carbocycles. The first-order chi connectivity index (χ1) is 47.5. The van der Waals surface area contributed by atoms with E-state index in [0.717, 1.165) is 145 Å². The molecule has 458 valence electrons. The Morgan fingerprint density at radius 2 is 0.567 bits per heavy atom. The van der Waals surface area contributed by atoms with Gasteiger partial charge in [0.25, 0.3) is 0 Å². The van der Waals surface area contributed by atoms with Crippen LogP contribution in [0.5, 0.6) is 0 Å². The number of fused-ring (bicyclic) bond motifs is 21. The summed E-state index contributed by atoms with van der Waals surface area (Å²) in [5, 5.41) is 13.1. The van der Waals surface area contributed by atoms with E-state index in [2.05, 4.69) is 280 Å². The molecule has 97 heavy (non-hydrogen) atoms. The summed E-state index contributed by atoms with van der Waals surface area (Å²) in [4.78, 5) is 4.70. The molecule has 7 nitrogen and oxygen atoms in total. The van der Waals surface area contributed by atoms with Gasteiger partial charge in [0.2, 0.25) is 0 Å². The third kappa shape index (κ3) is 7.91. The van der Waals surface area contributed by atoms with E-state index < -0.39 is 0 Å². The van der Waals surface area contributed by atoms with Crippen molar-refractivity contribution < 1.29 is 22.1 Å². The van der Waals surface area contributed by atoms with E-state index >= 15 is 0 Å². The van der Waals surface area contributed by atoms with Crippen molar-refractivity contribution in [2.45, 2.75) is 38.5 Å². The molecular formula is C90H58N2O5. The maximum absolute atomic E-state index is 6.98. The molecule has 0 saturated carbocycles. The third-order valence-corrected chi connectivity index (χ3v) is 21.4. The van der Waals surface area contributed by atoms with Crippen molar-refractivity contribution in [2.75, 3.05) is 9.80 Å². The van der Waals surface area contributed by atoms with Crippen molar-refractivity contribution >= 4 is 143 Å². The zero-order valence-electron chi connectivity index (χ0n) is 53.5. The fraction of sp³-hybridized carbons (Fsp3) is 0.0667. The Balaban J connectivity index is 0.660. The molecular weight excluding hydrogens is 1190 g/mol. The van der Waals surface area contributed by atoms with Crippen LogP contribution in [0, 0.1) is 0 Å². The van der Waals surface area contributed by atoms with Crippen molar-refractivity contribution in [3.8, 4) is 44.9 Å². The van der Waals surface area contributed by atoms with Gasteiger partial charge in [0, 0.05) is 111 Å². The summed E-state index contributed by atoms with van der Waals surface area (Å²) in [6.45, 7) is 9.42. The number of hydrogen-bond donors (Lipinski definition) is 0. The van der Waals surface area contributed by atoms with Crippen LogP contribution < -0.4 is 9.80 Å². The van der Waals surface area contributed by atoms with Crippen molar-refractivity contribution in [1.29, 1.82) is 0 Å². The molecule has 0 bridgehead atoms. The Labute approximate surface area is 556 Å². The van der Waals surface area contributed by atoms with Gasteiger partial charge in [-0.3, -0.25) is 0 Å². The van der Waals surface area contributed by atoms with Gasteiger partial charge in [0.05, 0.1) is 0 Å². The smallest absolute Gasteiger partial charge is 0.137 e. The molecule has 0 spiro atoms. The van der Waals surface area contributed by atoms with E-state index in [0.29, 0.717) is 0 Å². The summed E-state index contributed by atoms with van der Waals surface area (Å²) in [7, 11) is 0. The van der Waals surface area contributed by atoms with E-state index in [1.807, 2.05) is 36.4 Å². The van der Waals surface area contributed by atoms with Gasteiger partial charge in [-0.2, -0.15) is 0 Å². The summed E-state index contributed by atoms with van der Waals surface area (Å²) >= 11 is 0. The van der Waals surface area contributed by atoms with Gasteiger partial charge in [-0.1, -0.05) is 149 Å². The standard InChI is InChI=1S/C90H58N2O5/c1-89(2)73-39-25-51-13-5-9-17-63(51)87(73)67-37-33-59(43-75(67)89)91(57-27-21-53(22-28-57)79-41-55-15-7-11-19-77(55)93-79)61-31-35-65-69-47-85-71(49-83(69)95-81(65)45-61)72-50-84-70(48-86(72)97-85)66-36-32-62(46-82(66)96-84)92(58-29-23-54(24-30-58)80-42-56-16-8-12-20-78(56)94-80)60-34-38-68-76(44-60)90(3,4)74-40-26-52-14-6-10-18-64(52)88(68)74/h5-50H,1-4H3. The van der Waals surface area contributed by atoms with Crippen molar-refractivity contribution in [1.82, 2.24) is 0 Å². The van der Waals surface area contributed by atoms with Crippen molar-refractivity contribution in [2.24, 2.45) is 0 Å². The number of hydrogen-bond acceptors (Lipinski definition) is 7. The lowest BCUT2D eigenvalue weighted by Gasteiger charge is -2.28. The van der Waals surface area contributed by atoms with E-state index in [-0.39, 0.29) is 10.8 Å². The Bertz CT molecular complexity index is 6120. The quantitative estimate of drug-likeness (QED) is 0.150. The predicted molar refractivity (Wildman–Crippen MR) is 398 cm³/mol. The van der Waals surface area contributed by atoms with Crippen LogP contribution in [0.1, 0.15) is 49.9 Å². The average molecular weight is 1250 g/mol. The molecule has 0 amide bonds. The number of furan rings is 5. The molecule has 2 aliphatic rings. The van der Waals surface area contributed by atoms with Gasteiger partial charge >= 0.3 is 0 Å². The SMILES string of the molecule is CC1(C)c2cc(N(c3ccc(-c4cc5ccccc5o4)cc3)c3ccc4c(c3)oc3cc5c(cc34)oc3cc4c(cc35)oc3cc(N(c5ccc(-c6cc7ccccc7o6)cc5)c5ccc6c(c5)C(C)(C)c5ccc7ccccc7c5-6)ccc34)ccc2-c2c1ccc1ccccc21. The Kier molecular flexibility index (Phi) is 11.0. The molecule has 5 heterocycles. The van der Waals surface area contributed by atoms with Gasteiger partial charge in [-0.15, -0.1) is 0 Å². The highest BCUT2D eigenvalue weighted by Crippen LogP contribution is 2.56. The van der Waals surface area contributed by atoms with Gasteiger partial charge in [-0.05, 0) is 212 Å². The maximum Gasteiger partial charge on any atom is 0.137 e. The van der Waals surface area contributed by atoms with E-state index in [4.69, 9.17) is 22.1 Å². The summed E-state index contributed by atoms with van der Waals surface area (Å²) in [5.41, 5.74) is 24.5. The maximum atomic E-state index is 6.98. The zero-order chi connectivity index (χ0) is 64.2. The van der Waals surface area contributed by atoms with Gasteiger partial charge in [0.15, 0.2) is 0 Å². The molecule has 0 saturated heterocycles. The lowest BCUT2D eigenvalue weighted by Crippen LogP contribution is -2.16. The molecule has 0 radical (unpaired) electrons. The van der Waals surface area contributed by atoms with Crippen LogP contribution in [0.25, 0.3) is 154 Å². The second-order valence-electron chi connectivity index (χ2n) is 27.5. The second-order valence-corrected chi connectivity index (χ2v) is 27.5. The summed E-state index contributed by atoms with van der Waals surface area (Å²) in [6, 6.07) is 100. The highest BCUT2D eigenvalue weighted by Gasteiger charge is 2.39. The first kappa shape index (κ1) is 54.1. The first-order valence-corrected chi connectivity index (χ1v) is 33.3. The Morgan fingerprint density at radius 1 is 0.227 bits per heavy atom. The number of anilines is 6. The van der Waals surface area contributed by atoms with Crippen molar-refractivity contribution in [3.63, 3.8) is 0 Å². The van der Waals surface area contributed by atoms with Crippen LogP contribution in [-0.4, -0.2) is 0 Å². The number of rotatable bonds is 8. The molecule has 7 heteroatoms. The van der Waals surface area contributed by atoms with Crippen LogP contribution >= 0.6 is 0 Å². The number of benzene rings is 14. The van der Waals surface area contributed by atoms with Crippen LogP contribution in [0.3, 0.4) is 0 Å². The normalized spacial score (nSPS) is 13.7. The second kappa shape index (κ2) is 19.6. The van der Waals surface area contributed by atoms with E-state index in [1.54, 1.807) is 0 Å². The molecule has 0 N–H and O–H groups in total. The van der Waals surface area contributed by atoms with Gasteiger partial charge in [0.1, 0.15) is 56.2 Å². The van der Waals surface area contributed by atoms with E-state index in [1.165, 1.54) is 66.1 Å². The zero-order valence-corrected chi connectivity index (χ0v) is 53.5. The summed E-state index contributed by atoms with van der Waals surface area (Å²) in [5.74, 6) is 1.67. The van der Waals surface area contributed by atoms with Crippen LogP contribution in [-0.2, 0) is 10.8 Å². The van der Waals surface area contributed by atoms with Gasteiger partial charge < -0.3 is 31.9 Å². The molecule has 0 atom stereocenters. The third-order valence-electron chi connectivity index (χ3n) is 21.4. The Morgan fingerprint density at radius 3 is 0.979 bits per heavy atom. The lowest BCUT2D eigenvalue weighted by atomic mass is 9.82. The molecule has 5 aromatic heterocycles. The fourth-order valence-electron chi connectivity index (χ4n) is 16.5. The number of nitrogens with zero attached hydrogens (tertiary/aromatic N) is 2. The molecule has 21 rings (SSSR count). The minimum absolute atomic E-state index is 0.229. The lowest BCUT2D eigenvalue weighted by molar-refractivity contribution is 0.631. The van der Waals surface area contributed by atoms with Gasteiger partial charge in [-0.25, -0.2) is 0 Å². The molecule has 0 fully saturated rings. The minimum atomic E-state index is -0.229. The first-order valence-electron chi connectivity index (χ1n) is 33.3. The Hall–Kier alpha value is -12.3. The highest BCUT2D eigenvalue weighted by molar-refractivity contribution is 6.19. The average Bonchev–Trinajstić information content (AvgIpc) is 1.63.